The number of carbonyl (C=O) groups excluding carboxylic acids is 2. The maximum absolute atomic E-state index is 14.5. The fourth-order valence-corrected chi connectivity index (χ4v) is 6.56. The van der Waals surface area contributed by atoms with E-state index in [1.807, 2.05) is 88.4 Å². The Balaban J connectivity index is 1.80. The van der Waals surface area contributed by atoms with Crippen molar-refractivity contribution < 1.29 is 18.0 Å². The van der Waals surface area contributed by atoms with E-state index in [0.29, 0.717) is 17.3 Å². The van der Waals surface area contributed by atoms with Crippen LogP contribution < -0.4 is 9.62 Å². The van der Waals surface area contributed by atoms with Gasteiger partial charge in [-0.3, -0.25) is 13.9 Å². The topological polar surface area (TPSA) is 86.8 Å². The average molecular weight is 646 g/mol. The molecule has 4 rings (SSSR count). The molecule has 7 nitrogen and oxygen atoms in total. The summed E-state index contributed by atoms with van der Waals surface area (Å²) >= 11 is 6.06. The van der Waals surface area contributed by atoms with Crippen LogP contribution in [0.5, 0.6) is 0 Å². The van der Waals surface area contributed by atoms with Gasteiger partial charge in [0.1, 0.15) is 12.6 Å². The number of amides is 2. The Bertz CT molecular complexity index is 1710. The molecule has 0 radical (unpaired) electrons. The zero-order valence-electron chi connectivity index (χ0n) is 26.1. The fourth-order valence-electron chi connectivity index (χ4n) is 5.03. The van der Waals surface area contributed by atoms with Crippen molar-refractivity contribution >= 4 is 39.1 Å². The van der Waals surface area contributed by atoms with E-state index in [9.17, 15) is 18.0 Å². The molecular formula is C36H40ClN3O4S. The molecule has 9 heteroatoms. The molecular weight excluding hydrogens is 606 g/mol. The third-order valence-electron chi connectivity index (χ3n) is 7.36. The summed E-state index contributed by atoms with van der Waals surface area (Å²) in [4.78, 5) is 29.9. The second-order valence-corrected chi connectivity index (χ2v) is 14.0. The van der Waals surface area contributed by atoms with Crippen LogP contribution in [-0.2, 0) is 32.6 Å². The van der Waals surface area contributed by atoms with Crippen LogP contribution in [0, 0.1) is 19.8 Å². The standard InChI is InChI=1S/C36H40ClN3O4S/c1-26(2)23-38-36(42)34(22-29-12-6-5-7-13-29)39(24-30-14-8-10-27(3)20-30)35(41)25-40(32-15-9-11-28(4)21-32)45(43,44)33-18-16-31(37)17-19-33/h5-21,26,34H,22-25H2,1-4H3,(H,38,42)/t34-/m0/s1. The highest BCUT2D eigenvalue weighted by molar-refractivity contribution is 7.92. The summed E-state index contributed by atoms with van der Waals surface area (Å²) in [5.41, 5.74) is 3.91. The molecule has 2 amide bonds. The van der Waals surface area contributed by atoms with E-state index in [-0.39, 0.29) is 29.7 Å². The van der Waals surface area contributed by atoms with Gasteiger partial charge in [-0.25, -0.2) is 8.42 Å². The first-order valence-corrected chi connectivity index (χ1v) is 16.8. The Kier molecular flexibility index (Phi) is 11.4. The lowest BCUT2D eigenvalue weighted by molar-refractivity contribution is -0.140. The van der Waals surface area contributed by atoms with E-state index in [1.165, 1.54) is 29.2 Å². The van der Waals surface area contributed by atoms with E-state index >= 15 is 0 Å². The Morgan fingerprint density at radius 2 is 1.42 bits per heavy atom. The number of halogens is 1. The summed E-state index contributed by atoms with van der Waals surface area (Å²) < 4.78 is 29.4. The van der Waals surface area contributed by atoms with Gasteiger partial charge in [-0.2, -0.15) is 0 Å². The van der Waals surface area contributed by atoms with Crippen LogP contribution in [-0.4, -0.2) is 44.3 Å². The maximum atomic E-state index is 14.5. The van der Waals surface area contributed by atoms with Gasteiger partial charge in [0.2, 0.25) is 11.8 Å². The van der Waals surface area contributed by atoms with Crippen molar-refractivity contribution in [1.82, 2.24) is 10.2 Å². The lowest BCUT2D eigenvalue weighted by Crippen LogP contribution is -2.53. The molecule has 0 saturated carbocycles. The van der Waals surface area contributed by atoms with Gasteiger partial charge in [-0.15, -0.1) is 0 Å². The van der Waals surface area contributed by atoms with Crippen LogP contribution in [0.3, 0.4) is 0 Å². The summed E-state index contributed by atoms with van der Waals surface area (Å²) in [6.07, 6.45) is 0.261. The number of anilines is 1. The number of hydrogen-bond donors (Lipinski definition) is 1. The average Bonchev–Trinajstić information content (AvgIpc) is 3.01. The van der Waals surface area contributed by atoms with Crippen molar-refractivity contribution in [3.05, 3.63) is 130 Å². The predicted molar refractivity (Wildman–Crippen MR) is 181 cm³/mol. The zero-order valence-corrected chi connectivity index (χ0v) is 27.7. The third kappa shape index (κ3) is 9.19. The molecule has 0 bridgehead atoms. The highest BCUT2D eigenvalue weighted by atomic mass is 35.5. The van der Waals surface area contributed by atoms with Crippen molar-refractivity contribution in [1.29, 1.82) is 0 Å². The second-order valence-electron chi connectivity index (χ2n) is 11.7. The smallest absolute Gasteiger partial charge is 0.264 e. The number of nitrogens with zero attached hydrogens (tertiary/aromatic N) is 2. The first kappa shape index (κ1) is 33.7. The lowest BCUT2D eigenvalue weighted by Gasteiger charge is -2.34. The lowest BCUT2D eigenvalue weighted by atomic mass is 10.0. The summed E-state index contributed by atoms with van der Waals surface area (Å²) in [5.74, 6) is -0.596. The van der Waals surface area contributed by atoms with E-state index in [2.05, 4.69) is 5.32 Å². The minimum Gasteiger partial charge on any atom is -0.354 e. The molecule has 0 unspecified atom stereocenters. The van der Waals surface area contributed by atoms with Gasteiger partial charge in [0.15, 0.2) is 0 Å². The van der Waals surface area contributed by atoms with E-state index < -0.39 is 28.5 Å². The molecule has 0 aromatic heterocycles. The normalized spacial score (nSPS) is 12.0. The molecule has 1 N–H and O–H groups in total. The number of carbonyl (C=O) groups is 2. The third-order valence-corrected chi connectivity index (χ3v) is 9.40. The predicted octanol–water partition coefficient (Wildman–Crippen LogP) is 6.56. The molecule has 45 heavy (non-hydrogen) atoms. The summed E-state index contributed by atoms with van der Waals surface area (Å²) in [6, 6.07) is 29.2. The van der Waals surface area contributed by atoms with Crippen molar-refractivity contribution in [2.24, 2.45) is 5.92 Å². The quantitative estimate of drug-likeness (QED) is 0.178. The number of benzene rings is 4. The van der Waals surface area contributed by atoms with E-state index in [0.717, 1.165) is 26.6 Å². The molecule has 0 aliphatic rings. The van der Waals surface area contributed by atoms with Crippen molar-refractivity contribution in [3.63, 3.8) is 0 Å². The molecule has 236 valence electrons. The Hall–Kier alpha value is -4.14. The minimum atomic E-state index is -4.20. The number of sulfonamides is 1. The highest BCUT2D eigenvalue weighted by Gasteiger charge is 2.34. The summed E-state index contributed by atoms with van der Waals surface area (Å²) in [5, 5.41) is 3.41. The van der Waals surface area contributed by atoms with Gasteiger partial charge in [-0.1, -0.05) is 97.7 Å². The first-order valence-electron chi connectivity index (χ1n) is 15.0. The molecule has 4 aromatic rings. The number of hydrogen-bond acceptors (Lipinski definition) is 4. The van der Waals surface area contributed by atoms with Crippen LogP contribution in [0.15, 0.2) is 108 Å². The van der Waals surface area contributed by atoms with Gasteiger partial charge < -0.3 is 10.2 Å². The number of nitrogens with one attached hydrogen (secondary N) is 1. The maximum Gasteiger partial charge on any atom is 0.264 e. The highest BCUT2D eigenvalue weighted by Crippen LogP contribution is 2.27. The van der Waals surface area contributed by atoms with Gasteiger partial charge >= 0.3 is 0 Å². The molecule has 0 aliphatic carbocycles. The Labute approximate surface area is 271 Å². The number of rotatable bonds is 13. The van der Waals surface area contributed by atoms with Crippen LogP contribution in [0.1, 0.15) is 36.1 Å². The van der Waals surface area contributed by atoms with Crippen LogP contribution >= 0.6 is 11.6 Å². The second kappa shape index (κ2) is 15.2. The van der Waals surface area contributed by atoms with Crippen molar-refractivity contribution in [2.45, 2.75) is 51.6 Å². The van der Waals surface area contributed by atoms with E-state index in [4.69, 9.17) is 11.6 Å². The summed E-state index contributed by atoms with van der Waals surface area (Å²) in [7, 11) is -4.20. The SMILES string of the molecule is Cc1cccc(CN(C(=O)CN(c2cccc(C)c2)S(=O)(=O)c2ccc(Cl)cc2)[C@@H](Cc2ccccc2)C(=O)NCC(C)C)c1. The molecule has 1 atom stereocenters. The van der Waals surface area contributed by atoms with E-state index in [1.54, 1.807) is 18.2 Å². The molecule has 0 heterocycles. The molecule has 0 saturated heterocycles. The number of aryl methyl sites for hydroxylation is 2. The van der Waals surface area contributed by atoms with Gasteiger partial charge in [-0.05, 0) is 72.9 Å². The van der Waals surface area contributed by atoms with Crippen LogP contribution in [0.2, 0.25) is 5.02 Å². The van der Waals surface area contributed by atoms with Crippen LogP contribution in [0.4, 0.5) is 5.69 Å². The Morgan fingerprint density at radius 3 is 2.04 bits per heavy atom. The molecule has 4 aromatic carbocycles. The fraction of sp³-hybridized carbons (Fsp3) is 0.278. The van der Waals surface area contributed by atoms with Gasteiger partial charge in [0, 0.05) is 24.5 Å². The van der Waals surface area contributed by atoms with Crippen LogP contribution in [0.25, 0.3) is 0 Å². The van der Waals surface area contributed by atoms with Gasteiger partial charge in [0.25, 0.3) is 10.0 Å². The van der Waals surface area contributed by atoms with Crippen molar-refractivity contribution in [3.8, 4) is 0 Å². The zero-order chi connectivity index (χ0) is 32.6. The molecule has 0 fully saturated rings. The monoisotopic (exact) mass is 645 g/mol. The minimum absolute atomic E-state index is 0.00181. The van der Waals surface area contributed by atoms with Crippen molar-refractivity contribution in [2.75, 3.05) is 17.4 Å². The molecule has 0 aliphatic heterocycles. The first-order chi connectivity index (χ1) is 21.4. The molecule has 0 spiro atoms. The summed E-state index contributed by atoms with van der Waals surface area (Å²) in [6.45, 7) is 7.88. The largest absolute Gasteiger partial charge is 0.354 e. The Morgan fingerprint density at radius 1 is 0.800 bits per heavy atom. The van der Waals surface area contributed by atoms with Gasteiger partial charge in [0.05, 0.1) is 10.6 Å².